The minimum Gasteiger partial charge on any atom is -0.340 e. The van der Waals surface area contributed by atoms with Gasteiger partial charge in [0.05, 0.1) is 5.52 Å². The Kier molecular flexibility index (Phi) is 2.17. The molecule has 2 N–H and O–H groups in total. The number of hydrogen-bond acceptors (Lipinski definition) is 3. The standard InChI is InChI=1S/C12H16N4/c1-7-3-4-14-12-10(7)15-11(16-12)9-6-13-5-8(9)2/h3-4,8-9,13H,5-6H2,1-2H3,(H,14,15,16)/t8-,9-/m1/s1. The minimum absolute atomic E-state index is 0.494. The van der Waals surface area contributed by atoms with E-state index in [4.69, 9.17) is 0 Å². The SMILES string of the molecule is Cc1ccnc2nc([C@@H]3CNC[C@H]3C)[nH]c12. The fourth-order valence-electron chi connectivity index (χ4n) is 2.41. The summed E-state index contributed by atoms with van der Waals surface area (Å²) in [5, 5.41) is 3.40. The summed E-state index contributed by atoms with van der Waals surface area (Å²) in [5.74, 6) is 2.21. The smallest absolute Gasteiger partial charge is 0.177 e. The molecule has 1 saturated heterocycles. The van der Waals surface area contributed by atoms with Crippen LogP contribution in [0.1, 0.15) is 24.2 Å². The predicted molar refractivity (Wildman–Crippen MR) is 63.4 cm³/mol. The van der Waals surface area contributed by atoms with Gasteiger partial charge in [-0.05, 0) is 31.0 Å². The van der Waals surface area contributed by atoms with Gasteiger partial charge in [0.15, 0.2) is 5.65 Å². The number of H-pyrrole nitrogens is 1. The quantitative estimate of drug-likeness (QED) is 0.761. The molecule has 4 nitrogen and oxygen atoms in total. The molecule has 84 valence electrons. The van der Waals surface area contributed by atoms with Crippen molar-refractivity contribution in [3.05, 3.63) is 23.7 Å². The van der Waals surface area contributed by atoms with Gasteiger partial charge in [-0.25, -0.2) is 9.97 Å². The number of fused-ring (bicyclic) bond motifs is 1. The first-order chi connectivity index (χ1) is 7.75. The summed E-state index contributed by atoms with van der Waals surface area (Å²) in [6.45, 7) is 6.44. The molecule has 16 heavy (non-hydrogen) atoms. The lowest BCUT2D eigenvalue weighted by molar-refractivity contribution is 0.551. The second-order valence-corrected chi connectivity index (χ2v) is 4.69. The van der Waals surface area contributed by atoms with Crippen LogP contribution in [0.3, 0.4) is 0 Å². The largest absolute Gasteiger partial charge is 0.340 e. The highest BCUT2D eigenvalue weighted by Gasteiger charge is 2.27. The summed E-state index contributed by atoms with van der Waals surface area (Å²) in [7, 11) is 0. The molecule has 1 aliphatic rings. The zero-order valence-electron chi connectivity index (χ0n) is 9.62. The maximum atomic E-state index is 4.60. The first kappa shape index (κ1) is 9.78. The molecule has 2 aromatic heterocycles. The van der Waals surface area contributed by atoms with Gasteiger partial charge >= 0.3 is 0 Å². The summed E-state index contributed by atoms with van der Waals surface area (Å²) in [5.41, 5.74) is 3.13. The average Bonchev–Trinajstić information content (AvgIpc) is 2.84. The Labute approximate surface area is 94.5 Å². The van der Waals surface area contributed by atoms with Crippen LogP contribution >= 0.6 is 0 Å². The number of nitrogens with one attached hydrogen (secondary N) is 2. The summed E-state index contributed by atoms with van der Waals surface area (Å²) >= 11 is 0. The molecule has 2 aromatic rings. The van der Waals surface area contributed by atoms with Crippen molar-refractivity contribution in [2.75, 3.05) is 13.1 Å². The molecule has 0 radical (unpaired) electrons. The van der Waals surface area contributed by atoms with E-state index in [2.05, 4.69) is 34.1 Å². The highest BCUT2D eigenvalue weighted by Crippen LogP contribution is 2.27. The van der Waals surface area contributed by atoms with Gasteiger partial charge < -0.3 is 10.3 Å². The van der Waals surface area contributed by atoms with Gasteiger partial charge in [-0.2, -0.15) is 0 Å². The third-order valence-corrected chi connectivity index (χ3v) is 3.49. The number of pyridine rings is 1. The summed E-state index contributed by atoms with van der Waals surface area (Å²) in [6.07, 6.45) is 1.82. The molecule has 0 aliphatic carbocycles. The number of aromatic amines is 1. The van der Waals surface area contributed by atoms with Crippen molar-refractivity contribution in [1.29, 1.82) is 0 Å². The molecule has 1 aliphatic heterocycles. The van der Waals surface area contributed by atoms with Crippen molar-refractivity contribution >= 4 is 11.2 Å². The van der Waals surface area contributed by atoms with Crippen LogP contribution in [0.2, 0.25) is 0 Å². The van der Waals surface area contributed by atoms with E-state index in [1.165, 1.54) is 5.56 Å². The third-order valence-electron chi connectivity index (χ3n) is 3.49. The first-order valence-corrected chi connectivity index (χ1v) is 5.77. The van der Waals surface area contributed by atoms with E-state index in [9.17, 15) is 0 Å². The monoisotopic (exact) mass is 216 g/mol. The Morgan fingerprint density at radius 3 is 2.94 bits per heavy atom. The van der Waals surface area contributed by atoms with Gasteiger partial charge in [-0.1, -0.05) is 6.92 Å². The molecule has 3 rings (SSSR count). The fourth-order valence-corrected chi connectivity index (χ4v) is 2.41. The van der Waals surface area contributed by atoms with Crippen molar-refractivity contribution in [3.63, 3.8) is 0 Å². The third kappa shape index (κ3) is 1.41. The number of nitrogens with zero attached hydrogens (tertiary/aromatic N) is 2. The summed E-state index contributed by atoms with van der Waals surface area (Å²) < 4.78 is 0. The summed E-state index contributed by atoms with van der Waals surface area (Å²) in [4.78, 5) is 12.3. The van der Waals surface area contributed by atoms with Crippen LogP contribution in [0.4, 0.5) is 0 Å². The Morgan fingerprint density at radius 2 is 2.25 bits per heavy atom. The normalized spacial score (nSPS) is 25.4. The van der Waals surface area contributed by atoms with Crippen LogP contribution in [0, 0.1) is 12.8 Å². The molecular weight excluding hydrogens is 200 g/mol. The molecule has 1 fully saturated rings. The van der Waals surface area contributed by atoms with Crippen LogP contribution in [0.25, 0.3) is 11.2 Å². The summed E-state index contributed by atoms with van der Waals surface area (Å²) in [6, 6.07) is 2.01. The molecule has 4 heteroatoms. The lowest BCUT2D eigenvalue weighted by atomic mass is 9.98. The van der Waals surface area contributed by atoms with E-state index in [0.717, 1.165) is 30.1 Å². The van der Waals surface area contributed by atoms with Crippen LogP contribution in [-0.4, -0.2) is 28.0 Å². The maximum Gasteiger partial charge on any atom is 0.177 e. The molecule has 2 atom stereocenters. The lowest BCUT2D eigenvalue weighted by Gasteiger charge is -2.09. The van der Waals surface area contributed by atoms with E-state index >= 15 is 0 Å². The van der Waals surface area contributed by atoms with E-state index < -0.39 is 0 Å². The van der Waals surface area contributed by atoms with E-state index in [1.54, 1.807) is 0 Å². The van der Waals surface area contributed by atoms with Gasteiger partial charge in [0.1, 0.15) is 5.82 Å². The molecule has 0 aromatic carbocycles. The highest BCUT2D eigenvalue weighted by molar-refractivity contribution is 5.74. The van der Waals surface area contributed by atoms with Gasteiger partial charge in [0, 0.05) is 18.7 Å². The van der Waals surface area contributed by atoms with Gasteiger partial charge in [-0.3, -0.25) is 0 Å². The number of imidazole rings is 1. The van der Waals surface area contributed by atoms with E-state index in [0.29, 0.717) is 11.8 Å². The molecule has 0 amide bonds. The van der Waals surface area contributed by atoms with Crippen LogP contribution in [0.15, 0.2) is 12.3 Å². The first-order valence-electron chi connectivity index (χ1n) is 5.77. The van der Waals surface area contributed by atoms with Crippen LogP contribution in [-0.2, 0) is 0 Å². The molecule has 3 heterocycles. The van der Waals surface area contributed by atoms with Crippen molar-refractivity contribution in [3.8, 4) is 0 Å². The second-order valence-electron chi connectivity index (χ2n) is 4.69. The van der Waals surface area contributed by atoms with Gasteiger partial charge in [-0.15, -0.1) is 0 Å². The highest BCUT2D eigenvalue weighted by atomic mass is 15.0. The Hall–Kier alpha value is -1.42. The molecule has 0 saturated carbocycles. The maximum absolute atomic E-state index is 4.60. The van der Waals surface area contributed by atoms with Gasteiger partial charge in [0.25, 0.3) is 0 Å². The molecule has 0 unspecified atom stereocenters. The van der Waals surface area contributed by atoms with Gasteiger partial charge in [0.2, 0.25) is 0 Å². The predicted octanol–water partition coefficient (Wildman–Crippen LogP) is 1.59. The minimum atomic E-state index is 0.494. The molecular formula is C12H16N4. The fraction of sp³-hybridized carbons (Fsp3) is 0.500. The average molecular weight is 216 g/mol. The molecule has 0 bridgehead atoms. The number of rotatable bonds is 1. The van der Waals surface area contributed by atoms with Crippen LogP contribution < -0.4 is 5.32 Å². The number of aromatic nitrogens is 3. The Balaban J connectivity index is 2.08. The topological polar surface area (TPSA) is 53.6 Å². The molecule has 0 spiro atoms. The Morgan fingerprint density at radius 1 is 1.38 bits per heavy atom. The van der Waals surface area contributed by atoms with E-state index in [-0.39, 0.29) is 0 Å². The number of hydrogen-bond donors (Lipinski definition) is 2. The van der Waals surface area contributed by atoms with Crippen molar-refractivity contribution in [1.82, 2.24) is 20.3 Å². The number of aryl methyl sites for hydroxylation is 1. The lowest BCUT2D eigenvalue weighted by Crippen LogP contribution is -2.09. The zero-order chi connectivity index (χ0) is 11.1. The van der Waals surface area contributed by atoms with Crippen LogP contribution in [0.5, 0.6) is 0 Å². The second kappa shape index (κ2) is 3.56. The van der Waals surface area contributed by atoms with Crippen molar-refractivity contribution in [2.45, 2.75) is 19.8 Å². The van der Waals surface area contributed by atoms with E-state index in [1.807, 2.05) is 12.3 Å². The Bertz CT molecular complexity index is 517. The van der Waals surface area contributed by atoms with Crippen molar-refractivity contribution in [2.24, 2.45) is 5.92 Å². The zero-order valence-corrected chi connectivity index (χ0v) is 9.62. The van der Waals surface area contributed by atoms with Crippen molar-refractivity contribution < 1.29 is 0 Å².